The second-order valence-corrected chi connectivity index (χ2v) is 4.66. The summed E-state index contributed by atoms with van der Waals surface area (Å²) in [5, 5.41) is 15.2. The minimum absolute atomic E-state index is 0.0135. The molecule has 0 radical (unpaired) electrons. The van der Waals surface area contributed by atoms with Crippen LogP contribution in [-0.4, -0.2) is 17.8 Å². The number of nitrogens with one attached hydrogen (secondary N) is 1. The minimum Gasteiger partial charge on any atom is -0.394 e. The molecule has 2 aromatic carbocycles. The molecule has 1 atom stereocenters. The molecule has 0 aromatic heterocycles. The average molecular weight is 229 g/mol. The molecule has 0 amide bonds. The molecule has 0 aliphatic heterocycles. The van der Waals surface area contributed by atoms with E-state index in [9.17, 15) is 5.11 Å². The van der Waals surface area contributed by atoms with E-state index < -0.39 is 0 Å². The van der Waals surface area contributed by atoms with Crippen LogP contribution in [-0.2, 0) is 0 Å². The zero-order chi connectivity index (χ0) is 12.3. The maximum absolute atomic E-state index is 9.44. The lowest BCUT2D eigenvalue weighted by molar-refractivity contribution is 0.237. The molecule has 2 N–H and O–H groups in total. The van der Waals surface area contributed by atoms with Crippen molar-refractivity contribution in [3.05, 3.63) is 48.0 Å². The molecule has 0 aliphatic carbocycles. The minimum atomic E-state index is 0.0135. The fourth-order valence-corrected chi connectivity index (χ4v) is 2.08. The van der Waals surface area contributed by atoms with Crippen LogP contribution in [0.25, 0.3) is 10.8 Å². The Labute approximate surface area is 102 Å². The summed E-state index contributed by atoms with van der Waals surface area (Å²) in [6, 6.07) is 15.0. The van der Waals surface area contributed by atoms with Gasteiger partial charge in [0.25, 0.3) is 0 Å². The zero-order valence-corrected chi connectivity index (χ0v) is 10.4. The summed E-state index contributed by atoms with van der Waals surface area (Å²) in [4.78, 5) is 0. The van der Waals surface area contributed by atoms with Gasteiger partial charge in [-0.1, -0.05) is 50.2 Å². The third-order valence-electron chi connectivity index (χ3n) is 2.89. The highest BCUT2D eigenvalue weighted by Crippen LogP contribution is 2.20. The van der Waals surface area contributed by atoms with E-state index in [0.29, 0.717) is 6.04 Å². The first kappa shape index (κ1) is 12.1. The van der Waals surface area contributed by atoms with Crippen LogP contribution in [0.1, 0.15) is 25.5 Å². The van der Waals surface area contributed by atoms with Crippen molar-refractivity contribution in [3.63, 3.8) is 0 Å². The van der Waals surface area contributed by atoms with E-state index in [1.807, 2.05) is 12.1 Å². The second kappa shape index (κ2) is 5.30. The Balaban J connectivity index is 2.34. The molecule has 0 saturated heterocycles. The molecule has 2 rings (SSSR count). The van der Waals surface area contributed by atoms with E-state index in [1.54, 1.807) is 0 Å². The number of rotatable bonds is 4. The van der Waals surface area contributed by atoms with Gasteiger partial charge in [0.15, 0.2) is 0 Å². The number of fused-ring (bicyclic) bond motifs is 1. The maximum atomic E-state index is 9.44. The van der Waals surface area contributed by atoms with Gasteiger partial charge < -0.3 is 10.4 Å². The predicted octanol–water partition coefficient (Wildman–Crippen LogP) is 2.87. The van der Waals surface area contributed by atoms with Crippen molar-refractivity contribution < 1.29 is 5.11 Å². The van der Waals surface area contributed by atoms with Crippen molar-refractivity contribution in [2.24, 2.45) is 0 Å². The number of aliphatic hydroxyl groups excluding tert-OH is 1. The maximum Gasteiger partial charge on any atom is 0.0626 e. The topological polar surface area (TPSA) is 32.3 Å². The van der Waals surface area contributed by atoms with Crippen LogP contribution < -0.4 is 5.32 Å². The van der Waals surface area contributed by atoms with Gasteiger partial charge in [0.2, 0.25) is 0 Å². The molecule has 0 bridgehead atoms. The van der Waals surface area contributed by atoms with Gasteiger partial charge in [-0.2, -0.15) is 0 Å². The molecule has 0 fully saturated rings. The third-order valence-corrected chi connectivity index (χ3v) is 2.89. The van der Waals surface area contributed by atoms with Crippen molar-refractivity contribution in [1.29, 1.82) is 0 Å². The molecular weight excluding hydrogens is 210 g/mol. The molecule has 17 heavy (non-hydrogen) atoms. The quantitative estimate of drug-likeness (QED) is 0.845. The van der Waals surface area contributed by atoms with Gasteiger partial charge in [-0.15, -0.1) is 0 Å². The van der Waals surface area contributed by atoms with Gasteiger partial charge >= 0.3 is 0 Å². The van der Waals surface area contributed by atoms with E-state index in [-0.39, 0.29) is 12.6 Å². The van der Waals surface area contributed by atoms with E-state index in [0.717, 1.165) is 5.56 Å². The monoisotopic (exact) mass is 229 g/mol. The second-order valence-electron chi connectivity index (χ2n) is 4.66. The SMILES string of the molecule is CC(C)N[C@H](CO)c1ccc2ccccc2c1. The summed E-state index contributed by atoms with van der Waals surface area (Å²) < 4.78 is 0. The molecule has 2 heteroatoms. The van der Waals surface area contributed by atoms with Crippen LogP contribution in [0.4, 0.5) is 0 Å². The van der Waals surface area contributed by atoms with Gasteiger partial charge in [0.05, 0.1) is 12.6 Å². The first-order chi connectivity index (χ1) is 8.20. The molecule has 0 saturated carbocycles. The van der Waals surface area contributed by atoms with Crippen molar-refractivity contribution in [1.82, 2.24) is 5.32 Å². The zero-order valence-electron chi connectivity index (χ0n) is 10.4. The molecule has 0 aliphatic rings. The van der Waals surface area contributed by atoms with Gasteiger partial charge in [-0.25, -0.2) is 0 Å². The van der Waals surface area contributed by atoms with Gasteiger partial charge in [-0.05, 0) is 22.4 Å². The van der Waals surface area contributed by atoms with Crippen molar-refractivity contribution in [3.8, 4) is 0 Å². The van der Waals surface area contributed by atoms with Crippen molar-refractivity contribution in [2.75, 3.05) is 6.61 Å². The largest absolute Gasteiger partial charge is 0.394 e. The van der Waals surface area contributed by atoms with Gasteiger partial charge in [-0.3, -0.25) is 0 Å². The normalized spacial score (nSPS) is 13.2. The predicted molar refractivity (Wildman–Crippen MR) is 72.0 cm³/mol. The molecule has 0 unspecified atom stereocenters. The Kier molecular flexibility index (Phi) is 3.77. The van der Waals surface area contributed by atoms with E-state index in [2.05, 4.69) is 49.5 Å². The fraction of sp³-hybridized carbons (Fsp3) is 0.333. The number of hydrogen-bond acceptors (Lipinski definition) is 2. The third kappa shape index (κ3) is 2.84. The highest BCUT2D eigenvalue weighted by atomic mass is 16.3. The molecular formula is C15H19NO. The summed E-state index contributed by atoms with van der Waals surface area (Å²) in [5.74, 6) is 0. The summed E-state index contributed by atoms with van der Waals surface area (Å²) >= 11 is 0. The fourth-order valence-electron chi connectivity index (χ4n) is 2.08. The number of hydrogen-bond donors (Lipinski definition) is 2. The van der Waals surface area contributed by atoms with E-state index in [1.165, 1.54) is 10.8 Å². The Hall–Kier alpha value is -1.38. The lowest BCUT2D eigenvalue weighted by atomic mass is 10.0. The van der Waals surface area contributed by atoms with E-state index >= 15 is 0 Å². The Morgan fingerprint density at radius 2 is 1.76 bits per heavy atom. The highest BCUT2D eigenvalue weighted by molar-refractivity contribution is 5.83. The molecule has 0 heterocycles. The molecule has 2 nitrogen and oxygen atoms in total. The highest BCUT2D eigenvalue weighted by Gasteiger charge is 2.11. The molecule has 2 aromatic rings. The van der Waals surface area contributed by atoms with E-state index in [4.69, 9.17) is 0 Å². The summed E-state index contributed by atoms with van der Waals surface area (Å²) in [7, 11) is 0. The van der Waals surface area contributed by atoms with Gasteiger partial charge in [0, 0.05) is 6.04 Å². The van der Waals surface area contributed by atoms with Crippen LogP contribution in [0, 0.1) is 0 Å². The molecule has 0 spiro atoms. The first-order valence-corrected chi connectivity index (χ1v) is 6.06. The summed E-state index contributed by atoms with van der Waals surface area (Å²) in [6.45, 7) is 4.30. The van der Waals surface area contributed by atoms with Crippen LogP contribution in [0.2, 0.25) is 0 Å². The van der Waals surface area contributed by atoms with Gasteiger partial charge in [0.1, 0.15) is 0 Å². The lowest BCUT2D eigenvalue weighted by Gasteiger charge is -2.19. The lowest BCUT2D eigenvalue weighted by Crippen LogP contribution is -2.30. The number of aliphatic hydroxyl groups is 1. The Morgan fingerprint density at radius 3 is 2.41 bits per heavy atom. The van der Waals surface area contributed by atoms with Crippen molar-refractivity contribution in [2.45, 2.75) is 25.9 Å². The Bertz CT molecular complexity index is 493. The summed E-state index contributed by atoms with van der Waals surface area (Å²) in [6.07, 6.45) is 0. The number of benzene rings is 2. The van der Waals surface area contributed by atoms with Crippen LogP contribution in [0.15, 0.2) is 42.5 Å². The van der Waals surface area contributed by atoms with Crippen LogP contribution in [0.5, 0.6) is 0 Å². The standard InChI is InChI=1S/C15H19NO/c1-11(2)16-15(10-17)14-8-7-12-5-3-4-6-13(12)9-14/h3-9,11,15-17H,10H2,1-2H3/t15-/m1/s1. The Morgan fingerprint density at radius 1 is 1.06 bits per heavy atom. The smallest absolute Gasteiger partial charge is 0.0626 e. The molecule has 90 valence electrons. The summed E-state index contributed by atoms with van der Waals surface area (Å²) in [5.41, 5.74) is 1.14. The van der Waals surface area contributed by atoms with Crippen LogP contribution in [0.3, 0.4) is 0 Å². The van der Waals surface area contributed by atoms with Crippen molar-refractivity contribution >= 4 is 10.8 Å². The van der Waals surface area contributed by atoms with Crippen LogP contribution >= 0.6 is 0 Å². The average Bonchev–Trinajstić information content (AvgIpc) is 2.35. The first-order valence-electron chi connectivity index (χ1n) is 6.06.